The van der Waals surface area contributed by atoms with Crippen molar-refractivity contribution in [1.29, 1.82) is 0 Å². The van der Waals surface area contributed by atoms with Crippen molar-refractivity contribution in [2.75, 3.05) is 33.4 Å². The molecule has 1 N–H and O–H groups in total. The molecule has 1 rings (SSSR count). The van der Waals surface area contributed by atoms with Crippen molar-refractivity contribution in [3.8, 4) is 0 Å². The molecule has 0 aromatic rings. The zero-order valence-electron chi connectivity index (χ0n) is 14.9. The van der Waals surface area contributed by atoms with E-state index in [1.54, 1.807) is 0 Å². The van der Waals surface area contributed by atoms with E-state index < -0.39 is 0 Å². The molecule has 2 unspecified atom stereocenters. The number of hydrogen-bond donors (Lipinski definition) is 1. The van der Waals surface area contributed by atoms with Gasteiger partial charge in [0.1, 0.15) is 0 Å². The van der Waals surface area contributed by atoms with Crippen molar-refractivity contribution in [3.05, 3.63) is 0 Å². The molecule has 0 radical (unpaired) electrons. The van der Waals surface area contributed by atoms with Crippen molar-refractivity contribution in [1.82, 2.24) is 10.2 Å². The van der Waals surface area contributed by atoms with E-state index in [1.807, 2.05) is 7.11 Å². The van der Waals surface area contributed by atoms with Gasteiger partial charge < -0.3 is 10.1 Å². The summed E-state index contributed by atoms with van der Waals surface area (Å²) in [4.78, 5) is 2.63. The van der Waals surface area contributed by atoms with Gasteiger partial charge >= 0.3 is 0 Å². The van der Waals surface area contributed by atoms with Gasteiger partial charge in [0.2, 0.25) is 0 Å². The van der Waals surface area contributed by atoms with Crippen LogP contribution in [0, 0.1) is 5.92 Å². The molecule has 1 aliphatic rings. The number of hydrogen-bond acceptors (Lipinski definition) is 3. The Bertz CT molecular complexity index is 241. The van der Waals surface area contributed by atoms with Crippen LogP contribution in [0.15, 0.2) is 0 Å². The van der Waals surface area contributed by atoms with Gasteiger partial charge in [-0.25, -0.2) is 0 Å². The first-order valence-electron chi connectivity index (χ1n) is 9.19. The third-order valence-corrected chi connectivity index (χ3v) is 5.10. The molecule has 0 heterocycles. The molecular weight excluding hydrogens is 260 g/mol. The average Bonchev–Trinajstić information content (AvgIpc) is 2.54. The molecule has 3 nitrogen and oxygen atoms in total. The van der Waals surface area contributed by atoms with E-state index in [0.717, 1.165) is 25.6 Å². The second kappa shape index (κ2) is 11.4. The van der Waals surface area contributed by atoms with Crippen LogP contribution < -0.4 is 5.32 Å². The van der Waals surface area contributed by atoms with Gasteiger partial charge in [0.15, 0.2) is 0 Å². The van der Waals surface area contributed by atoms with E-state index in [9.17, 15) is 0 Å². The molecule has 0 saturated heterocycles. The first-order valence-corrected chi connectivity index (χ1v) is 9.19. The first kappa shape index (κ1) is 18.9. The third kappa shape index (κ3) is 7.12. The standard InChI is InChI=1S/C18H38N2O/c1-5-12-19-18(17-10-8-7-9-11-17)15-20(13-14-21-4)16(3)6-2/h16-19H,5-15H2,1-4H3. The Morgan fingerprint density at radius 2 is 1.90 bits per heavy atom. The molecule has 1 saturated carbocycles. The Morgan fingerprint density at radius 1 is 1.19 bits per heavy atom. The fourth-order valence-corrected chi connectivity index (χ4v) is 3.46. The molecule has 0 bridgehead atoms. The lowest BCUT2D eigenvalue weighted by molar-refractivity contribution is 0.101. The minimum atomic E-state index is 0.648. The van der Waals surface area contributed by atoms with Crippen LogP contribution in [-0.2, 0) is 4.74 Å². The van der Waals surface area contributed by atoms with Crippen LogP contribution in [0.25, 0.3) is 0 Å². The molecular formula is C18H38N2O. The second-order valence-electron chi connectivity index (χ2n) is 6.70. The van der Waals surface area contributed by atoms with Crippen LogP contribution in [0.3, 0.4) is 0 Å². The van der Waals surface area contributed by atoms with Crippen molar-refractivity contribution in [2.45, 2.75) is 77.8 Å². The lowest BCUT2D eigenvalue weighted by Crippen LogP contribution is -2.49. The predicted molar refractivity (Wildman–Crippen MR) is 91.9 cm³/mol. The Labute approximate surface area is 132 Å². The lowest BCUT2D eigenvalue weighted by atomic mass is 9.83. The Balaban J connectivity index is 2.60. The summed E-state index contributed by atoms with van der Waals surface area (Å²) in [5.74, 6) is 0.874. The highest BCUT2D eigenvalue weighted by molar-refractivity contribution is 4.83. The highest BCUT2D eigenvalue weighted by Crippen LogP contribution is 2.27. The quantitative estimate of drug-likeness (QED) is 0.630. The minimum Gasteiger partial charge on any atom is -0.383 e. The van der Waals surface area contributed by atoms with Crippen LogP contribution in [0.1, 0.15) is 65.7 Å². The summed E-state index contributed by atoms with van der Waals surface area (Å²) in [6.07, 6.45) is 9.57. The van der Waals surface area contributed by atoms with Crippen LogP contribution in [0.4, 0.5) is 0 Å². The summed E-state index contributed by atoms with van der Waals surface area (Å²) in [7, 11) is 1.81. The molecule has 0 amide bonds. The summed E-state index contributed by atoms with van der Waals surface area (Å²) in [6, 6.07) is 1.31. The van der Waals surface area contributed by atoms with Crippen molar-refractivity contribution in [2.24, 2.45) is 5.92 Å². The number of nitrogens with zero attached hydrogens (tertiary/aromatic N) is 1. The number of methoxy groups -OCH3 is 1. The SMILES string of the molecule is CCCNC(CN(CCOC)C(C)CC)C1CCCCC1. The van der Waals surface area contributed by atoms with E-state index in [4.69, 9.17) is 4.74 Å². The maximum Gasteiger partial charge on any atom is 0.0589 e. The molecule has 0 aliphatic heterocycles. The third-order valence-electron chi connectivity index (χ3n) is 5.10. The number of nitrogens with one attached hydrogen (secondary N) is 1. The zero-order chi connectivity index (χ0) is 15.5. The fraction of sp³-hybridized carbons (Fsp3) is 1.00. The molecule has 126 valence electrons. The van der Waals surface area contributed by atoms with E-state index in [1.165, 1.54) is 51.5 Å². The molecule has 2 atom stereocenters. The summed E-state index contributed by atoms with van der Waals surface area (Å²) in [5, 5.41) is 3.84. The predicted octanol–water partition coefficient (Wildman–Crippen LogP) is 3.68. The molecule has 3 heteroatoms. The summed E-state index contributed by atoms with van der Waals surface area (Å²) >= 11 is 0. The topological polar surface area (TPSA) is 24.5 Å². The summed E-state index contributed by atoms with van der Waals surface area (Å²) < 4.78 is 5.31. The van der Waals surface area contributed by atoms with Gasteiger partial charge in [0.05, 0.1) is 6.61 Å². The van der Waals surface area contributed by atoms with E-state index in [2.05, 4.69) is 31.0 Å². The fourth-order valence-electron chi connectivity index (χ4n) is 3.46. The normalized spacial score (nSPS) is 19.9. The van der Waals surface area contributed by atoms with Crippen LogP contribution in [-0.4, -0.2) is 50.3 Å². The second-order valence-corrected chi connectivity index (χ2v) is 6.70. The highest BCUT2D eigenvalue weighted by Gasteiger charge is 2.26. The van der Waals surface area contributed by atoms with Crippen molar-refractivity contribution >= 4 is 0 Å². The first-order chi connectivity index (χ1) is 10.2. The Hall–Kier alpha value is -0.120. The van der Waals surface area contributed by atoms with Gasteiger partial charge in [0, 0.05) is 32.3 Å². The van der Waals surface area contributed by atoms with Crippen molar-refractivity contribution in [3.63, 3.8) is 0 Å². The van der Waals surface area contributed by atoms with Gasteiger partial charge in [0.25, 0.3) is 0 Å². The van der Waals surface area contributed by atoms with Crippen LogP contribution in [0.5, 0.6) is 0 Å². The Kier molecular flexibility index (Phi) is 10.3. The highest BCUT2D eigenvalue weighted by atomic mass is 16.5. The smallest absolute Gasteiger partial charge is 0.0589 e. The maximum atomic E-state index is 5.31. The van der Waals surface area contributed by atoms with Gasteiger partial charge in [-0.15, -0.1) is 0 Å². The van der Waals surface area contributed by atoms with Gasteiger partial charge in [-0.05, 0) is 45.1 Å². The molecule has 21 heavy (non-hydrogen) atoms. The van der Waals surface area contributed by atoms with Crippen LogP contribution >= 0.6 is 0 Å². The monoisotopic (exact) mass is 298 g/mol. The number of ether oxygens (including phenoxy) is 1. The molecule has 1 aliphatic carbocycles. The van der Waals surface area contributed by atoms with Crippen LogP contribution in [0.2, 0.25) is 0 Å². The van der Waals surface area contributed by atoms with E-state index in [0.29, 0.717) is 12.1 Å². The van der Waals surface area contributed by atoms with Crippen molar-refractivity contribution < 1.29 is 4.74 Å². The number of rotatable bonds is 11. The minimum absolute atomic E-state index is 0.648. The van der Waals surface area contributed by atoms with E-state index >= 15 is 0 Å². The average molecular weight is 299 g/mol. The Morgan fingerprint density at radius 3 is 2.48 bits per heavy atom. The van der Waals surface area contributed by atoms with Gasteiger partial charge in [-0.3, -0.25) is 4.90 Å². The zero-order valence-corrected chi connectivity index (χ0v) is 14.9. The molecule has 1 fully saturated rings. The summed E-state index contributed by atoms with van der Waals surface area (Å²) in [5.41, 5.74) is 0. The maximum absolute atomic E-state index is 5.31. The lowest BCUT2D eigenvalue weighted by Gasteiger charge is -2.37. The van der Waals surface area contributed by atoms with Gasteiger partial charge in [-0.2, -0.15) is 0 Å². The largest absolute Gasteiger partial charge is 0.383 e. The van der Waals surface area contributed by atoms with E-state index in [-0.39, 0.29) is 0 Å². The molecule has 0 aromatic heterocycles. The van der Waals surface area contributed by atoms with Gasteiger partial charge in [-0.1, -0.05) is 33.1 Å². The molecule has 0 aromatic carbocycles. The summed E-state index contributed by atoms with van der Waals surface area (Å²) in [6.45, 7) is 11.1. The molecule has 0 spiro atoms.